The van der Waals surface area contributed by atoms with Crippen molar-refractivity contribution in [1.82, 2.24) is 5.32 Å². The number of carbonyl (C=O) groups is 2. The van der Waals surface area contributed by atoms with Crippen molar-refractivity contribution in [3.63, 3.8) is 0 Å². The minimum Gasteiger partial charge on any atom is -0.378 e. The summed E-state index contributed by atoms with van der Waals surface area (Å²) in [6.07, 6.45) is -1.74. The number of ketones is 2. The number of hydrogen-bond donors (Lipinski definition) is 1. The Labute approximate surface area is 161 Å². The number of allylic oxidation sites excluding steroid dienone is 2. The Hall–Kier alpha value is -1.77. The number of nitrogens with one attached hydrogen (secondary N) is 1. The lowest BCUT2D eigenvalue weighted by Crippen LogP contribution is -2.39. The average Bonchev–Trinajstić information content (AvgIpc) is 3.13. The number of methoxy groups -OCH3 is 1. The first-order valence-corrected chi connectivity index (χ1v) is 9.06. The van der Waals surface area contributed by atoms with E-state index in [4.69, 9.17) is 30.5 Å². The highest BCUT2D eigenvalue weighted by atomic mass is 35.5. The highest BCUT2D eigenvalue weighted by molar-refractivity contribution is 6.49. The fourth-order valence-corrected chi connectivity index (χ4v) is 3.96. The Morgan fingerprint density at radius 2 is 1.74 bits per heavy atom. The van der Waals surface area contributed by atoms with Gasteiger partial charge in [-0.3, -0.25) is 9.59 Å². The predicted molar refractivity (Wildman–Crippen MR) is 95.5 cm³/mol. The SMILES string of the molecule is CO[C@@H]1O[C@H](CNC2=C(Cl)C(=O)c3ccccc3C2=O)[C@H]2OC(C)(C)O[C@@H]12. The largest absolute Gasteiger partial charge is 0.378 e. The van der Waals surface area contributed by atoms with Crippen LogP contribution in [-0.2, 0) is 18.9 Å². The van der Waals surface area contributed by atoms with Crippen LogP contribution in [0.4, 0.5) is 0 Å². The highest BCUT2D eigenvalue weighted by Crippen LogP contribution is 2.39. The fourth-order valence-electron chi connectivity index (χ4n) is 3.70. The molecular formula is C19H20ClNO6. The summed E-state index contributed by atoms with van der Waals surface area (Å²) in [4.78, 5) is 25.2. The van der Waals surface area contributed by atoms with Crippen molar-refractivity contribution in [1.29, 1.82) is 0 Å². The van der Waals surface area contributed by atoms with E-state index in [0.717, 1.165) is 0 Å². The number of fused-ring (bicyclic) bond motifs is 2. The number of hydrogen-bond acceptors (Lipinski definition) is 7. The molecule has 2 fully saturated rings. The van der Waals surface area contributed by atoms with Crippen molar-refractivity contribution < 1.29 is 28.5 Å². The summed E-state index contributed by atoms with van der Waals surface area (Å²) in [7, 11) is 1.53. The molecule has 0 saturated carbocycles. The van der Waals surface area contributed by atoms with Gasteiger partial charge in [0.05, 0.1) is 0 Å². The van der Waals surface area contributed by atoms with Gasteiger partial charge in [0.1, 0.15) is 29.0 Å². The molecule has 2 aliphatic heterocycles. The average molecular weight is 394 g/mol. The molecule has 0 amide bonds. The van der Waals surface area contributed by atoms with E-state index in [0.29, 0.717) is 11.1 Å². The molecule has 4 rings (SSSR count). The smallest absolute Gasteiger partial charge is 0.211 e. The molecule has 0 unspecified atom stereocenters. The second kappa shape index (κ2) is 6.68. The van der Waals surface area contributed by atoms with Gasteiger partial charge in [-0.2, -0.15) is 0 Å². The van der Waals surface area contributed by atoms with E-state index >= 15 is 0 Å². The van der Waals surface area contributed by atoms with Crippen molar-refractivity contribution in [3.05, 3.63) is 46.1 Å². The molecule has 1 aromatic rings. The Kier molecular flexibility index (Phi) is 4.60. The summed E-state index contributed by atoms with van der Waals surface area (Å²) < 4.78 is 22.9. The first-order valence-electron chi connectivity index (χ1n) is 8.68. The maximum Gasteiger partial charge on any atom is 0.211 e. The highest BCUT2D eigenvalue weighted by Gasteiger charge is 2.55. The molecule has 3 aliphatic rings. The minimum atomic E-state index is -0.749. The number of ether oxygens (including phenoxy) is 4. The van der Waals surface area contributed by atoms with Gasteiger partial charge in [-0.25, -0.2) is 0 Å². The van der Waals surface area contributed by atoms with E-state index in [9.17, 15) is 9.59 Å². The van der Waals surface area contributed by atoms with Crippen molar-refractivity contribution in [3.8, 4) is 0 Å². The first-order chi connectivity index (χ1) is 12.8. The molecule has 4 atom stereocenters. The lowest BCUT2D eigenvalue weighted by molar-refractivity contribution is -0.226. The van der Waals surface area contributed by atoms with Crippen molar-refractivity contribution >= 4 is 23.2 Å². The third-order valence-electron chi connectivity index (χ3n) is 4.88. The normalized spacial score (nSPS) is 31.9. The maximum atomic E-state index is 12.8. The molecule has 2 heterocycles. The van der Waals surface area contributed by atoms with Gasteiger partial charge in [0.2, 0.25) is 11.6 Å². The van der Waals surface area contributed by atoms with Crippen LogP contribution in [0, 0.1) is 0 Å². The number of rotatable bonds is 4. The molecule has 8 heteroatoms. The number of carbonyl (C=O) groups excluding carboxylic acids is 2. The molecule has 27 heavy (non-hydrogen) atoms. The summed E-state index contributed by atoms with van der Waals surface area (Å²) in [5.41, 5.74) is 0.708. The zero-order chi connectivity index (χ0) is 19.3. The zero-order valence-electron chi connectivity index (χ0n) is 15.2. The van der Waals surface area contributed by atoms with Crippen LogP contribution in [-0.4, -0.2) is 55.6 Å². The van der Waals surface area contributed by atoms with Crippen molar-refractivity contribution in [2.24, 2.45) is 0 Å². The zero-order valence-corrected chi connectivity index (χ0v) is 15.9. The van der Waals surface area contributed by atoms with Gasteiger partial charge in [0.15, 0.2) is 12.1 Å². The molecule has 2 saturated heterocycles. The second-order valence-electron chi connectivity index (χ2n) is 7.12. The van der Waals surface area contributed by atoms with E-state index in [1.165, 1.54) is 7.11 Å². The van der Waals surface area contributed by atoms with Crippen LogP contribution in [0.2, 0.25) is 0 Å². The molecule has 144 valence electrons. The quantitative estimate of drug-likeness (QED) is 0.837. The fraction of sp³-hybridized carbons (Fsp3) is 0.474. The van der Waals surface area contributed by atoms with Crippen LogP contribution in [0.15, 0.2) is 35.0 Å². The lowest BCUT2D eigenvalue weighted by Gasteiger charge is -2.25. The number of benzene rings is 1. The Bertz CT molecular complexity index is 835. The van der Waals surface area contributed by atoms with Gasteiger partial charge in [-0.1, -0.05) is 35.9 Å². The van der Waals surface area contributed by atoms with Gasteiger partial charge in [-0.05, 0) is 13.8 Å². The predicted octanol–water partition coefficient (Wildman–Crippen LogP) is 2.00. The van der Waals surface area contributed by atoms with Crippen LogP contribution >= 0.6 is 11.6 Å². The molecule has 0 spiro atoms. The first kappa shape index (κ1) is 18.6. The van der Waals surface area contributed by atoms with Crippen molar-refractivity contribution in [2.45, 2.75) is 44.2 Å². The van der Waals surface area contributed by atoms with Crippen LogP contribution in [0.25, 0.3) is 0 Å². The Morgan fingerprint density at radius 3 is 2.41 bits per heavy atom. The minimum absolute atomic E-state index is 0.0690. The monoisotopic (exact) mass is 393 g/mol. The molecule has 0 bridgehead atoms. The van der Waals surface area contributed by atoms with Gasteiger partial charge >= 0.3 is 0 Å². The van der Waals surface area contributed by atoms with Crippen LogP contribution in [0.1, 0.15) is 34.6 Å². The molecular weight excluding hydrogens is 374 g/mol. The summed E-state index contributed by atoms with van der Waals surface area (Å²) in [6.45, 7) is 3.86. The van der Waals surface area contributed by atoms with Crippen LogP contribution < -0.4 is 5.32 Å². The van der Waals surface area contributed by atoms with Crippen molar-refractivity contribution in [2.75, 3.05) is 13.7 Å². The summed E-state index contributed by atoms with van der Waals surface area (Å²) in [5.74, 6) is -1.45. The van der Waals surface area contributed by atoms with Gasteiger partial charge in [0, 0.05) is 24.8 Å². The standard InChI is InChI=1S/C19H20ClNO6/c1-19(2)26-16-11(25-18(24-3)17(16)27-19)8-21-13-12(20)14(22)9-6-4-5-7-10(9)15(13)23/h4-7,11,16-18,21H,8H2,1-3H3/t11-,16-,17-,18-/m1/s1. The maximum absolute atomic E-state index is 12.8. The molecule has 0 aromatic heterocycles. The van der Waals surface area contributed by atoms with E-state index < -0.39 is 18.2 Å². The molecule has 1 aliphatic carbocycles. The van der Waals surface area contributed by atoms with Crippen LogP contribution in [0.5, 0.6) is 0 Å². The third kappa shape index (κ3) is 3.09. The van der Waals surface area contributed by atoms with E-state index in [-0.39, 0.29) is 41.0 Å². The number of halogens is 1. The van der Waals surface area contributed by atoms with Gasteiger partial charge < -0.3 is 24.3 Å². The summed E-state index contributed by atoms with van der Waals surface area (Å²) in [5, 5.41) is 2.86. The summed E-state index contributed by atoms with van der Waals surface area (Å²) >= 11 is 6.18. The second-order valence-corrected chi connectivity index (χ2v) is 7.50. The Balaban J connectivity index is 1.53. The molecule has 0 radical (unpaired) electrons. The topological polar surface area (TPSA) is 83.1 Å². The Morgan fingerprint density at radius 1 is 1.11 bits per heavy atom. The van der Waals surface area contributed by atoms with Crippen LogP contribution in [0.3, 0.4) is 0 Å². The lowest BCUT2D eigenvalue weighted by atomic mass is 9.92. The third-order valence-corrected chi connectivity index (χ3v) is 5.24. The molecule has 1 N–H and O–H groups in total. The van der Waals surface area contributed by atoms with Gasteiger partial charge in [0.25, 0.3) is 0 Å². The number of Topliss-reactive ketones (excluding diaryl/α,β-unsaturated/α-hetero) is 2. The van der Waals surface area contributed by atoms with Gasteiger partial charge in [-0.15, -0.1) is 0 Å². The summed E-state index contributed by atoms with van der Waals surface area (Å²) in [6, 6.07) is 6.61. The molecule has 7 nitrogen and oxygen atoms in total. The van der Waals surface area contributed by atoms with E-state index in [1.807, 2.05) is 13.8 Å². The molecule has 1 aromatic carbocycles. The van der Waals surface area contributed by atoms with E-state index in [2.05, 4.69) is 5.32 Å². The van der Waals surface area contributed by atoms with E-state index in [1.54, 1.807) is 24.3 Å².